The second-order valence-corrected chi connectivity index (χ2v) is 7.31. The molecule has 2 amide bonds. The Morgan fingerprint density at radius 2 is 2.12 bits per heavy atom. The molecule has 2 aliphatic rings. The molecule has 132 valence electrons. The van der Waals surface area contributed by atoms with Crippen molar-refractivity contribution in [2.75, 3.05) is 13.1 Å². The Labute approximate surface area is 143 Å². The van der Waals surface area contributed by atoms with Gasteiger partial charge in [-0.05, 0) is 38.5 Å². The summed E-state index contributed by atoms with van der Waals surface area (Å²) in [4.78, 5) is 31.2. The molecule has 1 N–H and O–H groups in total. The van der Waals surface area contributed by atoms with E-state index in [-0.39, 0.29) is 23.8 Å². The summed E-state index contributed by atoms with van der Waals surface area (Å²) in [6, 6.07) is 0.279. The maximum Gasteiger partial charge on any atom is 0.248 e. The molecular weight excluding hydrogens is 304 g/mol. The van der Waals surface area contributed by atoms with Crippen LogP contribution in [-0.4, -0.2) is 44.9 Å². The Morgan fingerprint density at radius 3 is 2.75 bits per heavy atom. The molecule has 1 saturated carbocycles. The van der Waals surface area contributed by atoms with Gasteiger partial charge in [0.05, 0.1) is 6.04 Å². The molecule has 0 aromatic carbocycles. The third-order valence-corrected chi connectivity index (χ3v) is 5.42. The fourth-order valence-electron chi connectivity index (χ4n) is 4.00. The topological polar surface area (TPSA) is 67.2 Å². The lowest BCUT2D eigenvalue weighted by molar-refractivity contribution is -0.143. The maximum absolute atomic E-state index is 13.2. The fourth-order valence-corrected chi connectivity index (χ4v) is 4.00. The standard InChI is InChI=1S/C18H28N4O2/c1-4-16-19-9-11-22(16)15-6-5-10-21(12-15)17(24)18(3,14-7-8-14)20-13(2)23/h9,11,14-15H,4-8,10,12H2,1-3H3,(H,20,23)/t15-,18-/m1/s1. The van der Waals surface area contributed by atoms with Crippen molar-refractivity contribution in [2.45, 2.75) is 64.5 Å². The van der Waals surface area contributed by atoms with Crippen molar-refractivity contribution in [2.24, 2.45) is 5.92 Å². The van der Waals surface area contributed by atoms with E-state index in [0.717, 1.165) is 44.5 Å². The van der Waals surface area contributed by atoms with Crippen molar-refractivity contribution in [3.05, 3.63) is 18.2 Å². The highest BCUT2D eigenvalue weighted by molar-refractivity contribution is 5.91. The minimum atomic E-state index is -0.754. The molecule has 1 aromatic heterocycles. The van der Waals surface area contributed by atoms with Crippen molar-refractivity contribution in [3.8, 4) is 0 Å². The van der Waals surface area contributed by atoms with E-state index in [1.54, 1.807) is 0 Å². The number of hydrogen-bond donors (Lipinski definition) is 1. The Morgan fingerprint density at radius 1 is 1.38 bits per heavy atom. The summed E-state index contributed by atoms with van der Waals surface area (Å²) in [7, 11) is 0. The van der Waals surface area contributed by atoms with Crippen molar-refractivity contribution in [3.63, 3.8) is 0 Å². The van der Waals surface area contributed by atoms with Crippen molar-refractivity contribution in [1.29, 1.82) is 0 Å². The minimum absolute atomic E-state index is 0.0723. The van der Waals surface area contributed by atoms with Gasteiger partial charge in [-0.1, -0.05) is 6.92 Å². The number of aromatic nitrogens is 2. The van der Waals surface area contributed by atoms with Gasteiger partial charge in [0, 0.05) is 38.8 Å². The molecular formula is C18H28N4O2. The first-order valence-electron chi connectivity index (χ1n) is 9.05. The van der Waals surface area contributed by atoms with Crippen LogP contribution < -0.4 is 5.32 Å². The summed E-state index contributed by atoms with van der Waals surface area (Å²) in [5.41, 5.74) is -0.754. The summed E-state index contributed by atoms with van der Waals surface area (Å²) in [6.07, 6.45) is 8.83. The van der Waals surface area contributed by atoms with Crippen LogP contribution >= 0.6 is 0 Å². The molecule has 24 heavy (non-hydrogen) atoms. The van der Waals surface area contributed by atoms with E-state index in [1.807, 2.05) is 24.2 Å². The normalized spacial score (nSPS) is 23.6. The average Bonchev–Trinajstić information content (AvgIpc) is 3.32. The molecule has 2 fully saturated rings. The Kier molecular flexibility index (Phi) is 4.65. The van der Waals surface area contributed by atoms with Crippen LogP contribution in [0.15, 0.2) is 12.4 Å². The zero-order chi connectivity index (χ0) is 17.3. The van der Waals surface area contributed by atoms with Crippen LogP contribution in [0.25, 0.3) is 0 Å². The van der Waals surface area contributed by atoms with Gasteiger partial charge >= 0.3 is 0 Å². The summed E-state index contributed by atoms with van der Waals surface area (Å²) < 4.78 is 2.21. The molecule has 6 heteroatoms. The van der Waals surface area contributed by atoms with Gasteiger partial charge in [0.25, 0.3) is 0 Å². The number of imidazole rings is 1. The summed E-state index contributed by atoms with van der Waals surface area (Å²) in [5.74, 6) is 1.28. The van der Waals surface area contributed by atoms with E-state index < -0.39 is 5.54 Å². The fraction of sp³-hybridized carbons (Fsp3) is 0.722. The molecule has 1 aromatic rings. The highest BCUT2D eigenvalue weighted by Gasteiger charge is 2.50. The molecule has 3 rings (SSSR count). The van der Waals surface area contributed by atoms with Gasteiger partial charge in [0.1, 0.15) is 11.4 Å². The number of hydrogen-bond acceptors (Lipinski definition) is 3. The molecule has 0 spiro atoms. The number of nitrogens with one attached hydrogen (secondary N) is 1. The Bertz CT molecular complexity index is 622. The van der Waals surface area contributed by atoms with Gasteiger partial charge < -0.3 is 14.8 Å². The third kappa shape index (κ3) is 3.19. The molecule has 0 bridgehead atoms. The van der Waals surface area contributed by atoms with E-state index in [4.69, 9.17) is 0 Å². The lowest BCUT2D eigenvalue weighted by atomic mass is 9.92. The first kappa shape index (κ1) is 17.0. The highest BCUT2D eigenvalue weighted by Crippen LogP contribution is 2.41. The number of amides is 2. The zero-order valence-corrected chi connectivity index (χ0v) is 14.9. The Hall–Kier alpha value is -1.85. The van der Waals surface area contributed by atoms with E-state index >= 15 is 0 Å². The lowest BCUT2D eigenvalue weighted by Gasteiger charge is -2.40. The van der Waals surface area contributed by atoms with Gasteiger partial charge in [-0.2, -0.15) is 0 Å². The number of aryl methyl sites for hydroxylation is 1. The highest BCUT2D eigenvalue weighted by atomic mass is 16.2. The van der Waals surface area contributed by atoms with Crippen LogP contribution in [0, 0.1) is 5.92 Å². The van der Waals surface area contributed by atoms with Crippen LogP contribution in [0.4, 0.5) is 0 Å². The molecule has 1 aliphatic carbocycles. The van der Waals surface area contributed by atoms with Gasteiger partial charge in [0.2, 0.25) is 11.8 Å². The van der Waals surface area contributed by atoms with E-state index in [9.17, 15) is 9.59 Å². The van der Waals surface area contributed by atoms with Crippen LogP contribution in [0.2, 0.25) is 0 Å². The third-order valence-electron chi connectivity index (χ3n) is 5.42. The predicted octanol–water partition coefficient (Wildman–Crippen LogP) is 1.91. The number of carbonyl (C=O) groups is 2. The van der Waals surface area contributed by atoms with Gasteiger partial charge in [-0.3, -0.25) is 9.59 Å². The van der Waals surface area contributed by atoms with Crippen LogP contribution in [0.1, 0.15) is 58.3 Å². The van der Waals surface area contributed by atoms with Gasteiger partial charge in [-0.15, -0.1) is 0 Å². The molecule has 1 saturated heterocycles. The molecule has 6 nitrogen and oxygen atoms in total. The summed E-state index contributed by atoms with van der Waals surface area (Å²) >= 11 is 0. The number of piperidine rings is 1. The van der Waals surface area contributed by atoms with Crippen LogP contribution in [0.3, 0.4) is 0 Å². The molecule has 0 radical (unpaired) electrons. The van der Waals surface area contributed by atoms with E-state index in [2.05, 4.69) is 21.8 Å². The smallest absolute Gasteiger partial charge is 0.248 e. The Balaban J connectivity index is 1.76. The second-order valence-electron chi connectivity index (χ2n) is 7.31. The van der Waals surface area contributed by atoms with Crippen LogP contribution in [-0.2, 0) is 16.0 Å². The molecule has 0 unspecified atom stereocenters. The first-order valence-corrected chi connectivity index (χ1v) is 9.05. The maximum atomic E-state index is 13.2. The monoisotopic (exact) mass is 332 g/mol. The zero-order valence-electron chi connectivity index (χ0n) is 14.9. The van der Waals surface area contributed by atoms with E-state index in [1.165, 1.54) is 6.92 Å². The first-order chi connectivity index (χ1) is 11.5. The molecule has 2 heterocycles. The van der Waals surface area contributed by atoms with Gasteiger partial charge in [-0.25, -0.2) is 4.98 Å². The summed E-state index contributed by atoms with van der Waals surface area (Å²) in [5, 5.41) is 2.94. The molecule has 1 aliphatic heterocycles. The largest absolute Gasteiger partial charge is 0.342 e. The second kappa shape index (κ2) is 6.57. The van der Waals surface area contributed by atoms with Crippen molar-refractivity contribution >= 4 is 11.8 Å². The number of likely N-dealkylation sites (tertiary alicyclic amines) is 1. The van der Waals surface area contributed by atoms with Gasteiger partial charge in [0.15, 0.2) is 0 Å². The number of rotatable bonds is 5. The molecule has 2 atom stereocenters. The lowest BCUT2D eigenvalue weighted by Crippen LogP contribution is -2.60. The van der Waals surface area contributed by atoms with Crippen molar-refractivity contribution < 1.29 is 9.59 Å². The van der Waals surface area contributed by atoms with Crippen molar-refractivity contribution in [1.82, 2.24) is 19.8 Å². The summed E-state index contributed by atoms with van der Waals surface area (Å²) in [6.45, 7) is 6.96. The van der Waals surface area contributed by atoms with E-state index in [0.29, 0.717) is 6.54 Å². The number of nitrogens with zero attached hydrogens (tertiary/aromatic N) is 3. The average molecular weight is 332 g/mol. The SMILES string of the molecule is CCc1nccn1[C@@H]1CCCN(C(=O)[C@](C)(NC(C)=O)C2CC2)C1. The minimum Gasteiger partial charge on any atom is -0.342 e. The number of carbonyl (C=O) groups excluding carboxylic acids is 2. The predicted molar refractivity (Wildman–Crippen MR) is 91.4 cm³/mol. The quantitative estimate of drug-likeness (QED) is 0.896. The van der Waals surface area contributed by atoms with Crippen LogP contribution in [0.5, 0.6) is 0 Å².